The molecule has 2 amide bonds. The van der Waals surface area contributed by atoms with E-state index in [0.29, 0.717) is 5.92 Å². The Hall–Kier alpha value is -1.93. The lowest BCUT2D eigenvalue weighted by molar-refractivity contribution is 0.0872. The molecule has 2 aliphatic rings. The summed E-state index contributed by atoms with van der Waals surface area (Å²) in [4.78, 5) is 24.5. The summed E-state index contributed by atoms with van der Waals surface area (Å²) in [6.45, 7) is 5.41. The lowest BCUT2D eigenvalue weighted by Gasteiger charge is -2.30. The van der Waals surface area contributed by atoms with Crippen molar-refractivity contribution in [3.63, 3.8) is 0 Å². The first-order valence-corrected chi connectivity index (χ1v) is 9.53. The SMILES string of the molecule is CCN1C(=O)c2ccc(C(=O)NC3CCNCC3C)cc2S1(=O)=O. The number of carbonyl (C=O) groups excluding carboxylic acids is 2. The van der Waals surface area contributed by atoms with Gasteiger partial charge in [0.25, 0.3) is 21.8 Å². The Morgan fingerprint density at radius 1 is 1.42 bits per heavy atom. The van der Waals surface area contributed by atoms with Crippen molar-refractivity contribution in [1.82, 2.24) is 14.9 Å². The summed E-state index contributed by atoms with van der Waals surface area (Å²) in [5.74, 6) is -0.543. The van der Waals surface area contributed by atoms with E-state index in [9.17, 15) is 18.0 Å². The lowest BCUT2D eigenvalue weighted by Crippen LogP contribution is -2.48. The number of piperidine rings is 1. The van der Waals surface area contributed by atoms with Gasteiger partial charge in [-0.1, -0.05) is 6.92 Å². The second kappa shape index (κ2) is 6.18. The standard InChI is InChI=1S/C16H21N3O4S/c1-3-19-16(21)12-5-4-11(8-14(12)24(19,22)23)15(20)18-13-6-7-17-9-10(13)2/h4-5,8,10,13,17H,3,6-7,9H2,1-2H3,(H,18,20). The largest absolute Gasteiger partial charge is 0.349 e. The van der Waals surface area contributed by atoms with Crippen molar-refractivity contribution in [2.75, 3.05) is 19.6 Å². The molecule has 1 fully saturated rings. The van der Waals surface area contributed by atoms with Gasteiger partial charge < -0.3 is 10.6 Å². The summed E-state index contributed by atoms with van der Waals surface area (Å²) in [6, 6.07) is 4.29. The fourth-order valence-corrected chi connectivity index (χ4v) is 4.81. The fraction of sp³-hybridized carbons (Fsp3) is 0.500. The molecule has 2 heterocycles. The Morgan fingerprint density at radius 2 is 2.17 bits per heavy atom. The molecule has 2 atom stereocenters. The maximum absolute atomic E-state index is 12.5. The number of nitrogens with one attached hydrogen (secondary N) is 2. The number of benzene rings is 1. The number of rotatable bonds is 3. The normalized spacial score (nSPS) is 25.4. The quantitative estimate of drug-likeness (QED) is 0.830. The van der Waals surface area contributed by atoms with E-state index < -0.39 is 15.9 Å². The number of hydrogen-bond donors (Lipinski definition) is 2. The predicted molar refractivity (Wildman–Crippen MR) is 88.2 cm³/mol. The predicted octanol–water partition coefficient (Wildman–Crippen LogP) is 0.579. The molecule has 3 rings (SSSR count). The van der Waals surface area contributed by atoms with E-state index in [1.807, 2.05) is 0 Å². The molecule has 1 saturated heterocycles. The second-order valence-corrected chi connectivity index (χ2v) is 8.07. The molecule has 1 aromatic rings. The molecule has 0 bridgehead atoms. The number of fused-ring (bicyclic) bond motifs is 1. The van der Waals surface area contributed by atoms with E-state index in [1.165, 1.54) is 18.2 Å². The molecule has 7 nitrogen and oxygen atoms in total. The first-order valence-electron chi connectivity index (χ1n) is 8.09. The van der Waals surface area contributed by atoms with Gasteiger partial charge in [0.15, 0.2) is 0 Å². The Morgan fingerprint density at radius 3 is 2.83 bits per heavy atom. The summed E-state index contributed by atoms with van der Waals surface area (Å²) in [5.41, 5.74) is 0.387. The number of nitrogens with zero attached hydrogens (tertiary/aromatic N) is 1. The smallest absolute Gasteiger partial charge is 0.268 e. The van der Waals surface area contributed by atoms with Crippen LogP contribution in [0.4, 0.5) is 0 Å². The average molecular weight is 351 g/mol. The zero-order valence-corrected chi connectivity index (χ0v) is 14.5. The van der Waals surface area contributed by atoms with Gasteiger partial charge in [-0.15, -0.1) is 0 Å². The van der Waals surface area contributed by atoms with Gasteiger partial charge in [0.1, 0.15) is 4.90 Å². The number of sulfonamides is 1. The van der Waals surface area contributed by atoms with Gasteiger partial charge in [-0.3, -0.25) is 9.59 Å². The van der Waals surface area contributed by atoms with Gasteiger partial charge in [0.05, 0.1) is 5.56 Å². The minimum Gasteiger partial charge on any atom is -0.349 e. The first kappa shape index (κ1) is 16.9. The van der Waals surface area contributed by atoms with Crippen LogP contribution in [0, 0.1) is 5.92 Å². The van der Waals surface area contributed by atoms with Crippen LogP contribution < -0.4 is 10.6 Å². The van der Waals surface area contributed by atoms with Crippen LogP contribution in [0.3, 0.4) is 0 Å². The summed E-state index contributed by atoms with van der Waals surface area (Å²) in [5, 5.41) is 6.23. The van der Waals surface area contributed by atoms with Crippen LogP contribution in [0.2, 0.25) is 0 Å². The molecule has 1 aromatic carbocycles. The summed E-state index contributed by atoms with van der Waals surface area (Å²) < 4.78 is 25.6. The van der Waals surface area contributed by atoms with Crippen molar-refractivity contribution in [1.29, 1.82) is 0 Å². The molecule has 130 valence electrons. The highest BCUT2D eigenvalue weighted by molar-refractivity contribution is 7.90. The fourth-order valence-electron chi connectivity index (χ4n) is 3.21. The second-order valence-electron chi connectivity index (χ2n) is 6.24. The monoisotopic (exact) mass is 351 g/mol. The summed E-state index contributed by atoms with van der Waals surface area (Å²) >= 11 is 0. The van der Waals surface area contributed by atoms with E-state index in [0.717, 1.165) is 23.8 Å². The van der Waals surface area contributed by atoms with Gasteiger partial charge in [0.2, 0.25) is 0 Å². The van der Waals surface area contributed by atoms with E-state index in [-0.39, 0.29) is 34.5 Å². The highest BCUT2D eigenvalue weighted by Gasteiger charge is 2.40. The zero-order chi connectivity index (χ0) is 17.5. The molecule has 2 N–H and O–H groups in total. The average Bonchev–Trinajstić information content (AvgIpc) is 2.75. The minimum absolute atomic E-state index is 0.0531. The Bertz CT molecular complexity index is 791. The molecule has 8 heteroatoms. The van der Waals surface area contributed by atoms with E-state index in [4.69, 9.17) is 0 Å². The molecule has 24 heavy (non-hydrogen) atoms. The molecule has 0 aliphatic carbocycles. The van der Waals surface area contributed by atoms with Crippen LogP contribution in [0.25, 0.3) is 0 Å². The van der Waals surface area contributed by atoms with E-state index in [2.05, 4.69) is 17.6 Å². The molecule has 2 aliphatic heterocycles. The molecule has 0 spiro atoms. The van der Waals surface area contributed by atoms with Crippen molar-refractivity contribution in [2.45, 2.75) is 31.2 Å². The molecule has 2 unspecified atom stereocenters. The van der Waals surface area contributed by atoms with Crippen LogP contribution in [0.5, 0.6) is 0 Å². The van der Waals surface area contributed by atoms with Gasteiger partial charge in [-0.2, -0.15) is 0 Å². The van der Waals surface area contributed by atoms with E-state index in [1.54, 1.807) is 6.92 Å². The van der Waals surface area contributed by atoms with Crippen LogP contribution >= 0.6 is 0 Å². The van der Waals surface area contributed by atoms with Crippen molar-refractivity contribution in [3.8, 4) is 0 Å². The number of hydrogen-bond acceptors (Lipinski definition) is 5. The van der Waals surface area contributed by atoms with E-state index >= 15 is 0 Å². The van der Waals surface area contributed by atoms with Crippen LogP contribution in [-0.4, -0.2) is 50.2 Å². The Balaban J connectivity index is 1.87. The van der Waals surface area contributed by atoms with Crippen LogP contribution in [0.15, 0.2) is 23.1 Å². The van der Waals surface area contributed by atoms with Gasteiger partial charge in [-0.25, -0.2) is 12.7 Å². The summed E-state index contributed by atoms with van der Waals surface area (Å²) in [7, 11) is -3.85. The Labute approximate surface area is 141 Å². The number of carbonyl (C=O) groups is 2. The molecule has 0 saturated carbocycles. The Kier molecular flexibility index (Phi) is 4.35. The third kappa shape index (κ3) is 2.69. The van der Waals surface area contributed by atoms with Gasteiger partial charge in [0, 0.05) is 18.2 Å². The van der Waals surface area contributed by atoms with Crippen LogP contribution in [-0.2, 0) is 10.0 Å². The third-order valence-electron chi connectivity index (χ3n) is 4.66. The minimum atomic E-state index is -3.85. The first-order chi connectivity index (χ1) is 11.4. The maximum atomic E-state index is 12.5. The van der Waals surface area contributed by atoms with Gasteiger partial charge >= 0.3 is 0 Å². The highest BCUT2D eigenvalue weighted by Crippen LogP contribution is 2.30. The van der Waals surface area contributed by atoms with Crippen molar-refractivity contribution in [2.24, 2.45) is 5.92 Å². The zero-order valence-electron chi connectivity index (χ0n) is 13.7. The molecular formula is C16H21N3O4S. The molecule has 0 radical (unpaired) electrons. The lowest BCUT2D eigenvalue weighted by atomic mass is 9.95. The highest BCUT2D eigenvalue weighted by atomic mass is 32.2. The van der Waals surface area contributed by atoms with Crippen molar-refractivity contribution in [3.05, 3.63) is 29.3 Å². The maximum Gasteiger partial charge on any atom is 0.268 e. The summed E-state index contributed by atoms with van der Waals surface area (Å²) in [6.07, 6.45) is 0.832. The molecule has 0 aromatic heterocycles. The number of amides is 2. The van der Waals surface area contributed by atoms with Crippen molar-refractivity contribution >= 4 is 21.8 Å². The van der Waals surface area contributed by atoms with Crippen LogP contribution in [0.1, 0.15) is 41.0 Å². The third-order valence-corrected chi connectivity index (χ3v) is 6.56. The van der Waals surface area contributed by atoms with Gasteiger partial charge in [-0.05, 0) is 50.6 Å². The topological polar surface area (TPSA) is 95.6 Å². The van der Waals surface area contributed by atoms with Crippen molar-refractivity contribution < 1.29 is 18.0 Å². The molecular weight excluding hydrogens is 330 g/mol.